The standard InChI is InChI=1S/C26H26N2O10S/c1-13-7-23(32)38-17-10-15(5-6-16(13)17)37-12-21(29)27-28-25(33)20(11-22(30)31)39-26(28)14-8-18(34-2)24(36-4)19(9-14)35-3/h5-10,20,26H,11-12H2,1-4H3,(H,27,29)(H,30,31). The number of methoxy groups -OCH3 is 3. The number of carboxylic acid groups (broad SMARTS) is 1. The first-order valence-electron chi connectivity index (χ1n) is 11.6. The first-order chi connectivity index (χ1) is 18.6. The van der Waals surface area contributed by atoms with Crippen molar-refractivity contribution in [2.45, 2.75) is 24.0 Å². The zero-order chi connectivity index (χ0) is 28.3. The van der Waals surface area contributed by atoms with Crippen LogP contribution in [0.5, 0.6) is 23.0 Å². The van der Waals surface area contributed by atoms with Crippen LogP contribution in [0, 0.1) is 6.92 Å². The van der Waals surface area contributed by atoms with Gasteiger partial charge in [-0.15, -0.1) is 11.8 Å². The Bertz CT molecular complexity index is 1460. The highest BCUT2D eigenvalue weighted by atomic mass is 32.2. The van der Waals surface area contributed by atoms with Gasteiger partial charge in [0.05, 0.1) is 33.0 Å². The Morgan fingerprint density at radius 2 is 1.74 bits per heavy atom. The fourth-order valence-electron chi connectivity index (χ4n) is 4.14. The van der Waals surface area contributed by atoms with Crippen molar-refractivity contribution in [1.82, 2.24) is 10.4 Å². The molecule has 39 heavy (non-hydrogen) atoms. The van der Waals surface area contributed by atoms with Crippen LogP contribution in [0.15, 0.2) is 45.6 Å². The quantitative estimate of drug-likeness (QED) is 0.353. The van der Waals surface area contributed by atoms with Crippen LogP contribution in [0.4, 0.5) is 0 Å². The van der Waals surface area contributed by atoms with E-state index in [1.165, 1.54) is 33.5 Å². The Kier molecular flexibility index (Phi) is 8.19. The van der Waals surface area contributed by atoms with E-state index in [0.29, 0.717) is 28.4 Å². The number of thioether (sulfide) groups is 1. The molecule has 206 valence electrons. The van der Waals surface area contributed by atoms with Gasteiger partial charge in [-0.3, -0.25) is 19.8 Å². The summed E-state index contributed by atoms with van der Waals surface area (Å²) in [5.41, 5.74) is 3.58. The van der Waals surface area contributed by atoms with Crippen molar-refractivity contribution in [2.75, 3.05) is 27.9 Å². The molecule has 0 aliphatic carbocycles. The third kappa shape index (κ3) is 5.87. The third-order valence-corrected chi connectivity index (χ3v) is 7.35. The number of hydrazine groups is 1. The molecule has 4 rings (SSSR count). The minimum absolute atomic E-state index is 0.276. The van der Waals surface area contributed by atoms with Crippen molar-refractivity contribution < 1.29 is 42.9 Å². The van der Waals surface area contributed by atoms with Crippen LogP contribution in [0.3, 0.4) is 0 Å². The van der Waals surface area contributed by atoms with E-state index in [1.54, 1.807) is 31.2 Å². The van der Waals surface area contributed by atoms with Crippen LogP contribution in [0.25, 0.3) is 11.0 Å². The van der Waals surface area contributed by atoms with Gasteiger partial charge in [0.15, 0.2) is 18.1 Å². The molecular weight excluding hydrogens is 532 g/mol. The first-order valence-corrected chi connectivity index (χ1v) is 12.6. The summed E-state index contributed by atoms with van der Waals surface area (Å²) in [7, 11) is 4.34. The Hall–Kier alpha value is -4.39. The van der Waals surface area contributed by atoms with E-state index < -0.39 is 47.1 Å². The Balaban J connectivity index is 1.56. The number of aliphatic carboxylic acids is 1. The van der Waals surface area contributed by atoms with Crippen LogP contribution in [-0.4, -0.2) is 61.1 Å². The lowest BCUT2D eigenvalue weighted by Gasteiger charge is -2.25. The Morgan fingerprint density at radius 1 is 1.05 bits per heavy atom. The van der Waals surface area contributed by atoms with E-state index >= 15 is 0 Å². The summed E-state index contributed by atoms with van der Waals surface area (Å²) in [5, 5.41) is 9.36. The van der Waals surface area contributed by atoms with Gasteiger partial charge in [-0.2, -0.15) is 0 Å². The average molecular weight is 559 g/mol. The number of benzene rings is 2. The summed E-state index contributed by atoms with van der Waals surface area (Å²) in [4.78, 5) is 49.0. The van der Waals surface area contributed by atoms with E-state index in [-0.39, 0.29) is 5.75 Å². The number of ether oxygens (including phenoxy) is 4. The number of carboxylic acids is 1. The monoisotopic (exact) mass is 558 g/mol. The molecule has 0 radical (unpaired) electrons. The lowest BCUT2D eigenvalue weighted by Crippen LogP contribution is -2.47. The van der Waals surface area contributed by atoms with Crippen LogP contribution >= 0.6 is 11.8 Å². The molecule has 1 fully saturated rings. The number of carbonyl (C=O) groups is 3. The number of nitrogens with zero attached hydrogens (tertiary/aromatic N) is 1. The maximum absolute atomic E-state index is 13.1. The number of rotatable bonds is 10. The van der Waals surface area contributed by atoms with Crippen molar-refractivity contribution >= 4 is 40.5 Å². The van der Waals surface area contributed by atoms with Crippen molar-refractivity contribution in [2.24, 2.45) is 0 Å². The molecule has 2 aromatic carbocycles. The molecule has 2 atom stereocenters. The number of fused-ring (bicyclic) bond motifs is 1. The number of amides is 2. The summed E-state index contributed by atoms with van der Waals surface area (Å²) in [6, 6.07) is 9.45. The van der Waals surface area contributed by atoms with E-state index in [0.717, 1.165) is 27.7 Å². The van der Waals surface area contributed by atoms with Crippen LogP contribution in [-0.2, 0) is 14.4 Å². The summed E-state index contributed by atoms with van der Waals surface area (Å²) in [6.07, 6.45) is -0.436. The number of aryl methyl sites for hydroxylation is 1. The van der Waals surface area contributed by atoms with Crippen molar-refractivity contribution in [3.63, 3.8) is 0 Å². The largest absolute Gasteiger partial charge is 0.493 e. The van der Waals surface area contributed by atoms with Gasteiger partial charge in [0.2, 0.25) is 5.75 Å². The van der Waals surface area contributed by atoms with Gasteiger partial charge >= 0.3 is 11.6 Å². The number of carbonyl (C=O) groups excluding carboxylic acids is 2. The maximum Gasteiger partial charge on any atom is 0.336 e. The van der Waals surface area contributed by atoms with Crippen molar-refractivity contribution in [3.8, 4) is 23.0 Å². The van der Waals surface area contributed by atoms with Gasteiger partial charge in [0.1, 0.15) is 16.7 Å². The zero-order valence-electron chi connectivity index (χ0n) is 21.5. The normalized spacial score (nSPS) is 16.7. The molecule has 2 amide bonds. The van der Waals surface area contributed by atoms with E-state index in [9.17, 15) is 24.3 Å². The maximum atomic E-state index is 13.1. The molecule has 12 nitrogen and oxygen atoms in total. The second-order valence-corrected chi connectivity index (χ2v) is 9.76. The Morgan fingerprint density at radius 3 is 2.36 bits per heavy atom. The SMILES string of the molecule is COc1cc(C2SC(CC(=O)O)C(=O)N2NC(=O)COc2ccc3c(C)cc(=O)oc3c2)cc(OC)c1OC. The fourth-order valence-corrected chi connectivity index (χ4v) is 5.49. The highest BCUT2D eigenvalue weighted by Crippen LogP contribution is 2.47. The summed E-state index contributed by atoms with van der Waals surface area (Å²) in [6.45, 7) is 1.31. The lowest BCUT2D eigenvalue weighted by molar-refractivity contribution is -0.144. The molecule has 13 heteroatoms. The topological polar surface area (TPSA) is 154 Å². The zero-order valence-corrected chi connectivity index (χ0v) is 22.3. The molecule has 1 saturated heterocycles. The molecule has 1 aliphatic heterocycles. The lowest BCUT2D eigenvalue weighted by atomic mass is 10.1. The number of nitrogens with one attached hydrogen (secondary N) is 1. The van der Waals surface area contributed by atoms with Crippen LogP contribution in [0.1, 0.15) is 22.9 Å². The van der Waals surface area contributed by atoms with Gasteiger partial charge in [-0.1, -0.05) is 0 Å². The van der Waals surface area contributed by atoms with Gasteiger partial charge in [-0.25, -0.2) is 9.80 Å². The van der Waals surface area contributed by atoms with E-state index in [2.05, 4.69) is 5.43 Å². The minimum Gasteiger partial charge on any atom is -0.493 e. The molecular formula is C26H26N2O10S. The van der Waals surface area contributed by atoms with E-state index in [4.69, 9.17) is 23.4 Å². The molecule has 1 aliphatic rings. The van der Waals surface area contributed by atoms with Gasteiger partial charge in [0, 0.05) is 17.5 Å². The minimum atomic E-state index is -1.15. The smallest absolute Gasteiger partial charge is 0.336 e. The fraction of sp³-hybridized carbons (Fsp3) is 0.308. The average Bonchev–Trinajstić information content (AvgIpc) is 3.20. The molecule has 1 aromatic heterocycles. The first kappa shape index (κ1) is 27.6. The summed E-state index contributed by atoms with van der Waals surface area (Å²) < 4.78 is 26.9. The van der Waals surface area contributed by atoms with Gasteiger partial charge in [0.25, 0.3) is 11.8 Å². The molecule has 2 heterocycles. The van der Waals surface area contributed by atoms with Crippen LogP contribution < -0.4 is 30.0 Å². The summed E-state index contributed by atoms with van der Waals surface area (Å²) in [5.74, 6) is -1.13. The second-order valence-electron chi connectivity index (χ2n) is 8.47. The molecule has 0 saturated carbocycles. The Labute approximate surface area is 226 Å². The molecule has 0 spiro atoms. The van der Waals surface area contributed by atoms with E-state index in [1.807, 2.05) is 0 Å². The van der Waals surface area contributed by atoms with Crippen LogP contribution in [0.2, 0.25) is 0 Å². The molecule has 3 aromatic rings. The molecule has 2 N–H and O–H groups in total. The third-order valence-electron chi connectivity index (χ3n) is 5.91. The summed E-state index contributed by atoms with van der Waals surface area (Å²) >= 11 is 1.07. The van der Waals surface area contributed by atoms with Gasteiger partial charge in [-0.05, 0) is 42.3 Å². The highest BCUT2D eigenvalue weighted by molar-refractivity contribution is 8.01. The van der Waals surface area contributed by atoms with Crippen molar-refractivity contribution in [1.29, 1.82) is 0 Å². The second kappa shape index (κ2) is 11.6. The van der Waals surface area contributed by atoms with Gasteiger partial charge < -0.3 is 28.5 Å². The number of hydrogen-bond donors (Lipinski definition) is 2. The number of hydrogen-bond acceptors (Lipinski definition) is 10. The predicted octanol–water partition coefficient (Wildman–Crippen LogP) is 2.65. The van der Waals surface area contributed by atoms with Crippen molar-refractivity contribution in [3.05, 3.63) is 57.9 Å². The molecule has 0 bridgehead atoms. The predicted molar refractivity (Wildman–Crippen MR) is 140 cm³/mol. The highest BCUT2D eigenvalue weighted by Gasteiger charge is 2.43. The molecule has 2 unspecified atom stereocenters.